The Balaban J connectivity index is 1.52. The van der Waals surface area contributed by atoms with E-state index in [9.17, 15) is 0 Å². The molecule has 0 saturated heterocycles. The summed E-state index contributed by atoms with van der Waals surface area (Å²) in [5.41, 5.74) is 3.84. The summed E-state index contributed by atoms with van der Waals surface area (Å²) >= 11 is 0. The molecule has 7 nitrogen and oxygen atoms in total. The van der Waals surface area contributed by atoms with E-state index in [1.807, 2.05) is 32.2 Å². The van der Waals surface area contributed by atoms with Crippen molar-refractivity contribution in [2.75, 3.05) is 0 Å². The molecule has 0 saturated carbocycles. The number of pyridine rings is 1. The predicted octanol–water partition coefficient (Wildman–Crippen LogP) is 4.03. The van der Waals surface area contributed by atoms with Gasteiger partial charge in [0.05, 0.1) is 11.1 Å². The first kappa shape index (κ1) is 17.2. The maximum atomic E-state index is 5.91. The summed E-state index contributed by atoms with van der Waals surface area (Å²) in [5, 5.41) is 9.35. The Kier molecular flexibility index (Phi) is 4.35. The second-order valence-electron chi connectivity index (χ2n) is 6.79. The molecule has 7 heteroatoms. The van der Waals surface area contributed by atoms with Crippen molar-refractivity contribution in [3.63, 3.8) is 0 Å². The Hall–Kier alpha value is -3.22. The lowest BCUT2D eigenvalue weighted by atomic mass is 10.0. The maximum Gasteiger partial charge on any atom is 0.264 e. The van der Waals surface area contributed by atoms with Gasteiger partial charge in [0.25, 0.3) is 5.89 Å². The first-order valence-corrected chi connectivity index (χ1v) is 8.87. The van der Waals surface area contributed by atoms with Crippen molar-refractivity contribution >= 4 is 11.0 Å². The Labute approximate surface area is 157 Å². The first-order chi connectivity index (χ1) is 13.0. The van der Waals surface area contributed by atoms with Crippen LogP contribution in [0.15, 0.2) is 41.1 Å². The monoisotopic (exact) mass is 363 g/mol. The number of nitrogens with zero attached hydrogens (tertiary/aromatic N) is 5. The van der Waals surface area contributed by atoms with Crippen LogP contribution in [0, 0.1) is 6.92 Å². The van der Waals surface area contributed by atoms with Gasteiger partial charge in [0.15, 0.2) is 12.3 Å². The number of hydrogen-bond acceptors (Lipinski definition) is 6. The van der Waals surface area contributed by atoms with E-state index < -0.39 is 0 Å². The Morgan fingerprint density at radius 2 is 1.93 bits per heavy atom. The Bertz CT molecular complexity index is 1080. The van der Waals surface area contributed by atoms with E-state index in [1.54, 1.807) is 10.9 Å². The zero-order valence-corrected chi connectivity index (χ0v) is 15.8. The summed E-state index contributed by atoms with van der Waals surface area (Å²) in [7, 11) is 1.86. The van der Waals surface area contributed by atoms with Gasteiger partial charge in [-0.2, -0.15) is 10.1 Å². The lowest BCUT2D eigenvalue weighted by molar-refractivity contribution is 0.245. The fourth-order valence-electron chi connectivity index (χ4n) is 3.05. The molecular formula is C20H21N5O2. The van der Waals surface area contributed by atoms with Gasteiger partial charge < -0.3 is 9.26 Å². The highest BCUT2D eigenvalue weighted by Crippen LogP contribution is 2.27. The fraction of sp³-hybridized carbons (Fsp3) is 0.300. The highest BCUT2D eigenvalue weighted by Gasteiger charge is 2.14. The number of rotatable bonds is 5. The van der Waals surface area contributed by atoms with E-state index in [4.69, 9.17) is 9.26 Å². The summed E-state index contributed by atoms with van der Waals surface area (Å²) in [6, 6.07) is 10.0. The van der Waals surface area contributed by atoms with E-state index >= 15 is 0 Å². The van der Waals surface area contributed by atoms with Crippen LogP contribution in [-0.4, -0.2) is 24.9 Å². The molecule has 0 aliphatic rings. The Morgan fingerprint density at radius 1 is 1.15 bits per heavy atom. The SMILES string of the molecule is Cc1nn(C)c2nccc(OCc3nc(-c4ccc(C(C)C)cc4)no3)c12. The van der Waals surface area contributed by atoms with Crippen LogP contribution in [0.5, 0.6) is 5.75 Å². The second-order valence-corrected chi connectivity index (χ2v) is 6.79. The summed E-state index contributed by atoms with van der Waals surface area (Å²) < 4.78 is 13.0. The number of benzene rings is 1. The van der Waals surface area contributed by atoms with E-state index in [1.165, 1.54) is 5.56 Å². The molecule has 0 aliphatic carbocycles. The number of aryl methyl sites for hydroxylation is 2. The third kappa shape index (κ3) is 3.28. The minimum Gasteiger partial charge on any atom is -0.483 e. The minimum atomic E-state index is 0.185. The molecule has 0 fully saturated rings. The van der Waals surface area contributed by atoms with Crippen LogP contribution in [-0.2, 0) is 13.7 Å². The van der Waals surface area contributed by atoms with Crippen molar-refractivity contribution < 1.29 is 9.26 Å². The molecule has 3 heterocycles. The maximum absolute atomic E-state index is 5.91. The van der Waals surface area contributed by atoms with Crippen molar-refractivity contribution in [2.24, 2.45) is 7.05 Å². The van der Waals surface area contributed by atoms with Gasteiger partial charge in [-0.1, -0.05) is 43.3 Å². The molecule has 27 heavy (non-hydrogen) atoms. The van der Waals surface area contributed by atoms with Gasteiger partial charge in [0, 0.05) is 18.8 Å². The van der Waals surface area contributed by atoms with Gasteiger partial charge in [0.1, 0.15) is 5.75 Å². The van der Waals surface area contributed by atoms with Crippen molar-refractivity contribution in [2.45, 2.75) is 33.3 Å². The zero-order valence-electron chi connectivity index (χ0n) is 15.8. The van der Waals surface area contributed by atoms with Crippen LogP contribution in [0.25, 0.3) is 22.4 Å². The topological polar surface area (TPSA) is 78.9 Å². The van der Waals surface area contributed by atoms with Crippen molar-refractivity contribution in [1.82, 2.24) is 24.9 Å². The summed E-state index contributed by atoms with van der Waals surface area (Å²) in [5.74, 6) is 2.17. The molecule has 0 spiro atoms. The smallest absolute Gasteiger partial charge is 0.264 e. The molecule has 0 aliphatic heterocycles. The average molecular weight is 363 g/mol. The van der Waals surface area contributed by atoms with Crippen LogP contribution < -0.4 is 4.74 Å². The van der Waals surface area contributed by atoms with E-state index in [0.717, 1.165) is 22.3 Å². The van der Waals surface area contributed by atoms with Gasteiger partial charge >= 0.3 is 0 Å². The van der Waals surface area contributed by atoms with Crippen molar-refractivity contribution in [1.29, 1.82) is 0 Å². The molecule has 0 unspecified atom stereocenters. The van der Waals surface area contributed by atoms with Crippen LogP contribution in [0.4, 0.5) is 0 Å². The average Bonchev–Trinajstić information content (AvgIpc) is 3.25. The second kappa shape index (κ2) is 6.83. The van der Waals surface area contributed by atoms with Crippen molar-refractivity contribution in [3.8, 4) is 17.1 Å². The minimum absolute atomic E-state index is 0.185. The summed E-state index contributed by atoms with van der Waals surface area (Å²) in [4.78, 5) is 8.79. The highest BCUT2D eigenvalue weighted by atomic mass is 16.5. The number of ether oxygens (including phenoxy) is 1. The van der Waals surface area contributed by atoms with Gasteiger partial charge in [-0.3, -0.25) is 4.68 Å². The lowest BCUT2D eigenvalue weighted by Crippen LogP contribution is -1.97. The zero-order chi connectivity index (χ0) is 19.0. The van der Waals surface area contributed by atoms with Crippen LogP contribution in [0.3, 0.4) is 0 Å². The molecule has 0 amide bonds. The van der Waals surface area contributed by atoms with E-state index in [-0.39, 0.29) is 6.61 Å². The third-order valence-electron chi connectivity index (χ3n) is 4.52. The highest BCUT2D eigenvalue weighted by molar-refractivity contribution is 5.84. The van der Waals surface area contributed by atoms with Gasteiger partial charge in [-0.25, -0.2) is 4.98 Å². The molecule has 0 atom stereocenters. The largest absolute Gasteiger partial charge is 0.483 e. The van der Waals surface area contributed by atoms with Crippen LogP contribution in [0.1, 0.15) is 36.9 Å². The molecule has 4 aromatic rings. The van der Waals surface area contributed by atoms with Gasteiger partial charge in [0.2, 0.25) is 5.82 Å². The van der Waals surface area contributed by atoms with E-state index in [2.05, 4.69) is 46.2 Å². The van der Waals surface area contributed by atoms with E-state index in [0.29, 0.717) is 23.4 Å². The summed E-state index contributed by atoms with van der Waals surface area (Å²) in [6.45, 7) is 6.45. The van der Waals surface area contributed by atoms with Gasteiger partial charge in [-0.05, 0) is 24.5 Å². The fourth-order valence-corrected chi connectivity index (χ4v) is 3.05. The van der Waals surface area contributed by atoms with Crippen LogP contribution >= 0.6 is 0 Å². The molecule has 0 bridgehead atoms. The third-order valence-corrected chi connectivity index (χ3v) is 4.52. The van der Waals surface area contributed by atoms with Crippen molar-refractivity contribution in [3.05, 3.63) is 53.7 Å². The molecule has 0 radical (unpaired) electrons. The molecular weight excluding hydrogens is 342 g/mol. The number of aromatic nitrogens is 5. The standard InChI is InChI=1S/C20H21N5O2/c1-12(2)14-5-7-15(8-6-14)19-22-17(27-24-19)11-26-16-9-10-21-20-18(16)13(3)23-25(20)4/h5-10,12H,11H2,1-4H3. The summed E-state index contributed by atoms with van der Waals surface area (Å²) in [6.07, 6.45) is 1.70. The Morgan fingerprint density at radius 3 is 2.67 bits per heavy atom. The predicted molar refractivity (Wildman–Crippen MR) is 101 cm³/mol. The molecule has 4 rings (SSSR count). The lowest BCUT2D eigenvalue weighted by Gasteiger charge is -2.05. The van der Waals surface area contributed by atoms with Gasteiger partial charge in [-0.15, -0.1) is 0 Å². The molecule has 0 N–H and O–H groups in total. The molecule has 138 valence electrons. The number of hydrogen-bond donors (Lipinski definition) is 0. The van der Waals surface area contributed by atoms with Crippen LogP contribution in [0.2, 0.25) is 0 Å². The molecule has 3 aromatic heterocycles. The normalized spacial score (nSPS) is 11.4. The quantitative estimate of drug-likeness (QED) is 0.533. The molecule has 1 aromatic carbocycles. The number of fused-ring (bicyclic) bond motifs is 1. The first-order valence-electron chi connectivity index (χ1n) is 8.87.